The molecule has 0 saturated carbocycles. The largest absolute Gasteiger partial charge is 0.462 e. The van der Waals surface area contributed by atoms with Crippen LogP contribution in [-0.2, 0) is 31.4 Å². The summed E-state index contributed by atoms with van der Waals surface area (Å²) in [4.78, 5) is 27.6. The standard InChI is InChI=1S/C38H44F6N4O4/c1-5-47(31-17-15-27(33(23-31)37(39,40)41)21-29(25-45)35(49)51-7-3)19-13-11-9-10-12-14-20-48(6-2)32-18-16-28(34(24-32)38(42,43)44)22-30(26-46)36(50)52-8-4/h15-18,21-24H,5-14,19-20H2,1-4H3/b29-21+,30-22+. The number of rotatable bonds is 19. The Morgan fingerprint density at radius 3 is 1.27 bits per heavy atom. The number of benzene rings is 2. The van der Waals surface area contributed by atoms with Gasteiger partial charge in [0.05, 0.1) is 24.3 Å². The van der Waals surface area contributed by atoms with E-state index in [1.807, 2.05) is 23.6 Å². The molecule has 0 heterocycles. The van der Waals surface area contributed by atoms with Crippen LogP contribution in [0.2, 0.25) is 0 Å². The molecule has 2 aromatic rings. The summed E-state index contributed by atoms with van der Waals surface area (Å²) in [6.07, 6.45) is -2.84. The van der Waals surface area contributed by atoms with Gasteiger partial charge in [-0.1, -0.05) is 37.8 Å². The predicted molar refractivity (Wildman–Crippen MR) is 187 cm³/mol. The maximum atomic E-state index is 14.0. The molecule has 0 radical (unpaired) electrons. The van der Waals surface area contributed by atoms with Crippen LogP contribution in [0.5, 0.6) is 0 Å². The van der Waals surface area contributed by atoms with Crippen LogP contribution >= 0.6 is 0 Å². The number of hydrogen-bond acceptors (Lipinski definition) is 8. The molecule has 0 aromatic heterocycles. The Kier molecular flexibility index (Phi) is 17.2. The maximum absolute atomic E-state index is 14.0. The molecule has 0 N–H and O–H groups in total. The molecule has 2 aromatic carbocycles. The molecule has 0 spiro atoms. The maximum Gasteiger partial charge on any atom is 0.417 e. The zero-order chi connectivity index (χ0) is 38.9. The Hall–Kier alpha value is -4.98. The van der Waals surface area contributed by atoms with Gasteiger partial charge in [0, 0.05) is 37.6 Å². The van der Waals surface area contributed by atoms with Gasteiger partial charge in [-0.15, -0.1) is 0 Å². The van der Waals surface area contributed by atoms with Crippen molar-refractivity contribution in [2.24, 2.45) is 0 Å². The lowest BCUT2D eigenvalue weighted by Gasteiger charge is -2.25. The Balaban J connectivity index is 1.98. The smallest absolute Gasteiger partial charge is 0.417 e. The molecule has 2 rings (SSSR count). The van der Waals surface area contributed by atoms with Crippen molar-refractivity contribution in [3.8, 4) is 12.1 Å². The fraction of sp³-hybridized carbons (Fsp3) is 0.474. The normalized spacial score (nSPS) is 12.2. The summed E-state index contributed by atoms with van der Waals surface area (Å²) >= 11 is 0. The van der Waals surface area contributed by atoms with E-state index < -0.39 is 46.6 Å². The van der Waals surface area contributed by atoms with E-state index in [1.54, 1.807) is 12.1 Å². The first-order chi connectivity index (χ1) is 24.6. The van der Waals surface area contributed by atoms with Gasteiger partial charge in [0.2, 0.25) is 0 Å². The molecule has 0 atom stereocenters. The van der Waals surface area contributed by atoms with Gasteiger partial charge < -0.3 is 19.3 Å². The first-order valence-corrected chi connectivity index (χ1v) is 17.1. The fourth-order valence-electron chi connectivity index (χ4n) is 5.48. The minimum atomic E-state index is -4.72. The molecular formula is C38H44F6N4O4. The van der Waals surface area contributed by atoms with Crippen LogP contribution in [0.25, 0.3) is 12.2 Å². The van der Waals surface area contributed by atoms with Crippen LogP contribution in [0.4, 0.5) is 37.7 Å². The molecule has 0 aliphatic carbocycles. The van der Waals surface area contributed by atoms with Gasteiger partial charge in [-0.05, 0) is 88.1 Å². The highest BCUT2D eigenvalue weighted by molar-refractivity contribution is 5.98. The van der Waals surface area contributed by atoms with Gasteiger partial charge in [0.15, 0.2) is 0 Å². The Morgan fingerprint density at radius 1 is 0.635 bits per heavy atom. The topological polar surface area (TPSA) is 107 Å². The summed E-state index contributed by atoms with van der Waals surface area (Å²) < 4.78 is 93.4. The zero-order valence-corrected chi connectivity index (χ0v) is 29.8. The minimum Gasteiger partial charge on any atom is -0.462 e. The Morgan fingerprint density at radius 2 is 0.981 bits per heavy atom. The number of ether oxygens (including phenoxy) is 2. The van der Waals surface area contributed by atoms with Crippen molar-refractivity contribution in [1.82, 2.24) is 0 Å². The van der Waals surface area contributed by atoms with Gasteiger partial charge >= 0.3 is 24.3 Å². The van der Waals surface area contributed by atoms with Gasteiger partial charge in [-0.3, -0.25) is 0 Å². The first-order valence-electron chi connectivity index (χ1n) is 17.1. The predicted octanol–water partition coefficient (Wildman–Crippen LogP) is 9.36. The van der Waals surface area contributed by atoms with Crippen LogP contribution < -0.4 is 9.80 Å². The van der Waals surface area contributed by atoms with E-state index in [2.05, 4.69) is 0 Å². The summed E-state index contributed by atoms with van der Waals surface area (Å²) in [5.41, 5.74) is -2.89. The van der Waals surface area contributed by atoms with Crippen LogP contribution in [0.15, 0.2) is 47.5 Å². The molecule has 8 nitrogen and oxygen atoms in total. The number of anilines is 2. The number of carbonyl (C=O) groups excluding carboxylic acids is 2. The van der Waals surface area contributed by atoms with E-state index in [0.29, 0.717) is 37.6 Å². The second-order valence-corrected chi connectivity index (χ2v) is 11.6. The van der Waals surface area contributed by atoms with Crippen molar-refractivity contribution >= 4 is 35.5 Å². The average Bonchev–Trinajstić information content (AvgIpc) is 3.10. The number of esters is 2. The molecule has 282 valence electrons. The number of nitriles is 2. The van der Waals surface area contributed by atoms with Gasteiger partial charge in [0.1, 0.15) is 23.3 Å². The van der Waals surface area contributed by atoms with Crippen molar-refractivity contribution in [2.75, 3.05) is 49.2 Å². The summed E-state index contributed by atoms with van der Waals surface area (Å²) in [5.74, 6) is -1.99. The van der Waals surface area contributed by atoms with Crippen molar-refractivity contribution in [2.45, 2.75) is 78.6 Å². The summed E-state index contributed by atoms with van der Waals surface area (Å²) in [6.45, 7) is 8.63. The quantitative estimate of drug-likeness (QED) is 0.0462. The molecule has 0 aliphatic rings. The number of alkyl halides is 6. The van der Waals surface area contributed by atoms with E-state index in [9.17, 15) is 46.5 Å². The van der Waals surface area contributed by atoms with Gasteiger partial charge in [-0.2, -0.15) is 36.9 Å². The molecule has 0 unspecified atom stereocenters. The first kappa shape index (κ1) is 43.2. The lowest BCUT2D eigenvalue weighted by molar-refractivity contribution is -0.139. The number of halogens is 6. The highest BCUT2D eigenvalue weighted by Gasteiger charge is 2.35. The van der Waals surface area contributed by atoms with Gasteiger partial charge in [-0.25, -0.2) is 9.59 Å². The second-order valence-electron chi connectivity index (χ2n) is 11.6. The van der Waals surface area contributed by atoms with Crippen LogP contribution in [0.1, 0.15) is 88.5 Å². The molecule has 0 saturated heterocycles. The average molecular weight is 735 g/mol. The summed E-state index contributed by atoms with van der Waals surface area (Å²) in [5, 5.41) is 18.5. The van der Waals surface area contributed by atoms with E-state index in [1.165, 1.54) is 38.1 Å². The highest BCUT2D eigenvalue weighted by atomic mass is 19.4. The number of carbonyl (C=O) groups is 2. The molecule has 0 fully saturated rings. The van der Waals surface area contributed by atoms with E-state index in [0.717, 1.165) is 62.8 Å². The number of unbranched alkanes of at least 4 members (excludes halogenated alkanes) is 5. The van der Waals surface area contributed by atoms with Crippen LogP contribution in [0, 0.1) is 22.7 Å². The summed E-state index contributed by atoms with van der Waals surface area (Å²) in [6, 6.07) is 10.8. The third-order valence-corrected chi connectivity index (χ3v) is 8.12. The lowest BCUT2D eigenvalue weighted by Crippen LogP contribution is -2.25. The summed E-state index contributed by atoms with van der Waals surface area (Å²) in [7, 11) is 0. The van der Waals surface area contributed by atoms with Crippen molar-refractivity contribution in [3.05, 3.63) is 69.8 Å². The van der Waals surface area contributed by atoms with E-state index in [-0.39, 0.29) is 24.3 Å². The number of nitrogens with zero attached hydrogens (tertiary/aromatic N) is 4. The van der Waals surface area contributed by atoms with Crippen LogP contribution in [-0.4, -0.2) is 51.3 Å². The second kappa shape index (κ2) is 20.8. The Labute approximate surface area is 300 Å². The van der Waals surface area contributed by atoms with E-state index >= 15 is 0 Å². The SMILES string of the molecule is CCOC(=O)/C(C#N)=C/c1ccc(N(CC)CCCCCCCCN(CC)c2ccc(/C=C(\C#N)C(=O)OCC)c(C(F)(F)F)c2)cc1C(F)(F)F. The minimum absolute atomic E-state index is 0.0241. The van der Waals surface area contributed by atoms with Crippen molar-refractivity contribution < 1.29 is 45.4 Å². The van der Waals surface area contributed by atoms with Crippen molar-refractivity contribution in [1.29, 1.82) is 10.5 Å². The van der Waals surface area contributed by atoms with E-state index in [4.69, 9.17) is 9.47 Å². The lowest BCUT2D eigenvalue weighted by atomic mass is 10.0. The zero-order valence-electron chi connectivity index (χ0n) is 29.8. The molecule has 52 heavy (non-hydrogen) atoms. The molecule has 0 bridgehead atoms. The monoisotopic (exact) mass is 734 g/mol. The Bertz CT molecular complexity index is 1530. The molecular weight excluding hydrogens is 690 g/mol. The third-order valence-electron chi connectivity index (χ3n) is 8.12. The molecule has 14 heteroatoms. The van der Waals surface area contributed by atoms with Gasteiger partial charge in [0.25, 0.3) is 0 Å². The molecule has 0 amide bonds. The molecule has 0 aliphatic heterocycles. The number of hydrogen-bond donors (Lipinski definition) is 0. The van der Waals surface area contributed by atoms with Crippen molar-refractivity contribution in [3.63, 3.8) is 0 Å². The fourth-order valence-corrected chi connectivity index (χ4v) is 5.48. The van der Waals surface area contributed by atoms with Crippen LogP contribution in [0.3, 0.4) is 0 Å². The highest BCUT2D eigenvalue weighted by Crippen LogP contribution is 2.37. The third kappa shape index (κ3) is 13.0.